The van der Waals surface area contributed by atoms with Crippen LogP contribution in [0.3, 0.4) is 0 Å². The summed E-state index contributed by atoms with van der Waals surface area (Å²) in [6.07, 6.45) is 1.58. The number of methoxy groups -OCH3 is 1. The Morgan fingerprint density at radius 3 is 2.54 bits per heavy atom. The molecule has 0 aromatic heterocycles. The van der Waals surface area contributed by atoms with E-state index < -0.39 is 11.9 Å². The molecule has 1 aliphatic heterocycles. The molecular weight excluding hydrogens is 402 g/mol. The normalized spacial score (nSPS) is 14.8. The zero-order valence-electron chi connectivity index (χ0n) is 14.0. The smallest absolute Gasteiger partial charge is 0.363 e. The van der Waals surface area contributed by atoms with Crippen molar-refractivity contribution in [1.29, 1.82) is 0 Å². The first-order valence-electron chi connectivity index (χ1n) is 7.61. The molecule has 0 N–H and O–H groups in total. The van der Waals surface area contributed by atoms with Crippen LogP contribution < -0.4 is 9.47 Å². The highest BCUT2D eigenvalue weighted by molar-refractivity contribution is 9.10. The van der Waals surface area contributed by atoms with Crippen LogP contribution in [0.4, 0.5) is 0 Å². The molecule has 0 saturated heterocycles. The van der Waals surface area contributed by atoms with Crippen molar-refractivity contribution in [2.24, 2.45) is 4.99 Å². The maximum Gasteiger partial charge on any atom is 0.363 e. The lowest BCUT2D eigenvalue weighted by molar-refractivity contribution is -0.132. The summed E-state index contributed by atoms with van der Waals surface area (Å²) in [5, 5.41) is 0. The van der Waals surface area contributed by atoms with E-state index in [1.54, 1.807) is 36.4 Å². The lowest BCUT2D eigenvalue weighted by Gasteiger charge is -2.08. The van der Waals surface area contributed by atoms with Crippen LogP contribution >= 0.6 is 15.9 Å². The predicted octanol–water partition coefficient (Wildman–Crippen LogP) is 3.73. The number of carbonyl (C=O) groups is 2. The summed E-state index contributed by atoms with van der Waals surface area (Å²) < 4.78 is 16.4. The van der Waals surface area contributed by atoms with Crippen molar-refractivity contribution in [3.05, 3.63) is 63.8 Å². The number of benzene rings is 2. The fourth-order valence-electron chi connectivity index (χ4n) is 2.30. The molecule has 0 atom stereocenters. The highest BCUT2D eigenvalue weighted by Crippen LogP contribution is 2.30. The molecule has 2 aromatic carbocycles. The Labute approximate surface area is 158 Å². The minimum absolute atomic E-state index is 0.171. The molecular formula is C19H14BrNO5. The summed E-state index contributed by atoms with van der Waals surface area (Å²) in [6.45, 7) is 1.31. The molecule has 132 valence electrons. The van der Waals surface area contributed by atoms with Crippen LogP contribution in [0.25, 0.3) is 6.08 Å². The average molecular weight is 416 g/mol. The second kappa shape index (κ2) is 7.53. The first-order valence-corrected chi connectivity index (χ1v) is 8.40. The van der Waals surface area contributed by atoms with Gasteiger partial charge in [0.05, 0.1) is 7.11 Å². The standard InChI is InChI=1S/C19H14BrNO5/c1-11(22)25-16-8-3-12(10-17(16)24-2)9-15-19(23)26-18(21-15)13-4-6-14(20)7-5-13/h3-10H,1-2H3/b15-9-. The SMILES string of the molecule is COc1cc(/C=C2\N=C(c3ccc(Br)cc3)OC2=O)ccc1OC(C)=O. The van der Waals surface area contributed by atoms with E-state index in [0.29, 0.717) is 22.6 Å². The maximum atomic E-state index is 12.1. The van der Waals surface area contributed by atoms with Crippen molar-refractivity contribution in [2.45, 2.75) is 6.92 Å². The molecule has 1 aliphatic rings. The first kappa shape index (κ1) is 17.9. The summed E-state index contributed by atoms with van der Waals surface area (Å²) in [6, 6.07) is 12.2. The average Bonchev–Trinajstić information content (AvgIpc) is 2.97. The largest absolute Gasteiger partial charge is 0.493 e. The van der Waals surface area contributed by atoms with E-state index in [9.17, 15) is 9.59 Å². The van der Waals surface area contributed by atoms with Crippen molar-refractivity contribution in [1.82, 2.24) is 0 Å². The Morgan fingerprint density at radius 2 is 1.88 bits per heavy atom. The molecule has 6 nitrogen and oxygen atoms in total. The van der Waals surface area contributed by atoms with E-state index in [0.717, 1.165) is 4.47 Å². The topological polar surface area (TPSA) is 74.2 Å². The minimum Gasteiger partial charge on any atom is -0.493 e. The lowest BCUT2D eigenvalue weighted by Crippen LogP contribution is -2.05. The molecule has 0 aliphatic carbocycles. The van der Waals surface area contributed by atoms with Crippen LogP contribution in [0.1, 0.15) is 18.1 Å². The number of hydrogen-bond donors (Lipinski definition) is 0. The van der Waals surface area contributed by atoms with Crippen LogP contribution in [0.15, 0.2) is 57.6 Å². The number of cyclic esters (lactones) is 1. The zero-order valence-corrected chi connectivity index (χ0v) is 15.6. The summed E-state index contributed by atoms with van der Waals surface area (Å²) >= 11 is 3.35. The van der Waals surface area contributed by atoms with Gasteiger partial charge in [-0.1, -0.05) is 22.0 Å². The number of hydrogen-bond acceptors (Lipinski definition) is 6. The second-order valence-corrected chi connectivity index (χ2v) is 6.26. The Hall–Kier alpha value is -2.93. The van der Waals surface area contributed by atoms with Gasteiger partial charge >= 0.3 is 11.9 Å². The van der Waals surface area contributed by atoms with Gasteiger partial charge in [0.1, 0.15) is 0 Å². The fraction of sp³-hybridized carbons (Fsp3) is 0.105. The van der Waals surface area contributed by atoms with Crippen molar-refractivity contribution in [3.8, 4) is 11.5 Å². The van der Waals surface area contributed by atoms with Crippen LogP contribution in [0, 0.1) is 0 Å². The van der Waals surface area contributed by atoms with Gasteiger partial charge in [-0.3, -0.25) is 4.79 Å². The maximum absolute atomic E-state index is 12.1. The van der Waals surface area contributed by atoms with Crippen LogP contribution in [0.2, 0.25) is 0 Å². The Balaban J connectivity index is 1.90. The van der Waals surface area contributed by atoms with E-state index in [1.807, 2.05) is 12.1 Å². The molecule has 0 saturated carbocycles. The van der Waals surface area contributed by atoms with Crippen molar-refractivity contribution >= 4 is 39.8 Å². The molecule has 0 unspecified atom stereocenters. The first-order chi connectivity index (χ1) is 12.5. The molecule has 1 heterocycles. The number of esters is 2. The number of aliphatic imine (C=N–C) groups is 1. The van der Waals surface area contributed by atoms with Crippen molar-refractivity contribution in [3.63, 3.8) is 0 Å². The fourth-order valence-corrected chi connectivity index (χ4v) is 2.56. The summed E-state index contributed by atoms with van der Waals surface area (Å²) in [4.78, 5) is 27.4. The van der Waals surface area contributed by atoms with Gasteiger partial charge in [-0.2, -0.15) is 0 Å². The number of carbonyl (C=O) groups excluding carboxylic acids is 2. The molecule has 7 heteroatoms. The minimum atomic E-state index is -0.536. The van der Waals surface area contributed by atoms with Crippen LogP contribution in [0.5, 0.6) is 11.5 Å². The Kier molecular flexibility index (Phi) is 5.18. The van der Waals surface area contributed by atoms with Gasteiger partial charge in [0.25, 0.3) is 0 Å². The second-order valence-electron chi connectivity index (χ2n) is 5.35. The van der Waals surface area contributed by atoms with Gasteiger partial charge in [0, 0.05) is 17.0 Å². The third kappa shape index (κ3) is 4.00. The van der Waals surface area contributed by atoms with Gasteiger partial charge in [0.15, 0.2) is 17.2 Å². The quantitative estimate of drug-likeness (QED) is 0.432. The molecule has 0 fully saturated rings. The van der Waals surface area contributed by atoms with E-state index in [-0.39, 0.29) is 11.6 Å². The molecule has 0 bridgehead atoms. The number of rotatable bonds is 4. The lowest BCUT2D eigenvalue weighted by atomic mass is 10.1. The van der Waals surface area contributed by atoms with E-state index in [2.05, 4.69) is 20.9 Å². The van der Waals surface area contributed by atoms with Crippen LogP contribution in [-0.2, 0) is 14.3 Å². The Morgan fingerprint density at radius 1 is 1.15 bits per heavy atom. The van der Waals surface area contributed by atoms with Gasteiger partial charge in [-0.05, 0) is 48.0 Å². The number of nitrogens with zero attached hydrogens (tertiary/aromatic N) is 1. The molecule has 0 amide bonds. The summed E-state index contributed by atoms with van der Waals surface area (Å²) in [5.41, 5.74) is 1.53. The Bertz CT molecular complexity index is 931. The highest BCUT2D eigenvalue weighted by Gasteiger charge is 2.24. The van der Waals surface area contributed by atoms with Gasteiger partial charge in [0.2, 0.25) is 5.90 Å². The van der Waals surface area contributed by atoms with E-state index in [4.69, 9.17) is 14.2 Å². The monoisotopic (exact) mass is 415 g/mol. The predicted molar refractivity (Wildman–Crippen MR) is 99.1 cm³/mol. The third-order valence-electron chi connectivity index (χ3n) is 3.46. The van der Waals surface area contributed by atoms with Crippen molar-refractivity contribution in [2.75, 3.05) is 7.11 Å². The van der Waals surface area contributed by atoms with Gasteiger partial charge in [-0.25, -0.2) is 9.79 Å². The van der Waals surface area contributed by atoms with Crippen molar-refractivity contribution < 1.29 is 23.8 Å². The molecule has 0 spiro atoms. The summed E-state index contributed by atoms with van der Waals surface area (Å²) in [5.74, 6) is -0.0612. The number of halogens is 1. The zero-order chi connectivity index (χ0) is 18.7. The highest BCUT2D eigenvalue weighted by atomic mass is 79.9. The van der Waals surface area contributed by atoms with Gasteiger partial charge < -0.3 is 14.2 Å². The molecule has 26 heavy (non-hydrogen) atoms. The molecule has 2 aromatic rings. The molecule has 0 radical (unpaired) electrons. The van der Waals surface area contributed by atoms with E-state index >= 15 is 0 Å². The number of ether oxygens (including phenoxy) is 3. The summed E-state index contributed by atoms with van der Waals surface area (Å²) in [7, 11) is 1.47. The van der Waals surface area contributed by atoms with Gasteiger partial charge in [-0.15, -0.1) is 0 Å². The van der Waals surface area contributed by atoms with Crippen LogP contribution in [-0.4, -0.2) is 24.9 Å². The molecule has 3 rings (SSSR count). The third-order valence-corrected chi connectivity index (χ3v) is 3.99. The van der Waals surface area contributed by atoms with E-state index in [1.165, 1.54) is 14.0 Å².